The zero-order valence-electron chi connectivity index (χ0n) is 11.6. The molecule has 1 fully saturated rings. The second-order valence-electron chi connectivity index (χ2n) is 5.15. The van der Waals surface area contributed by atoms with Crippen LogP contribution >= 0.6 is 0 Å². The molecule has 1 aromatic carbocycles. The smallest absolute Gasteiger partial charge is 0.229 e. The maximum Gasteiger partial charge on any atom is 0.229 e. The van der Waals surface area contributed by atoms with E-state index in [0.29, 0.717) is 11.3 Å². The minimum atomic E-state index is -1.47. The minimum absolute atomic E-state index is 0.377. The lowest BCUT2D eigenvalue weighted by atomic mass is 9.99. The lowest BCUT2D eigenvalue weighted by Gasteiger charge is -2.39. The molecule has 5 atom stereocenters. The van der Waals surface area contributed by atoms with Gasteiger partial charge in [0, 0.05) is 11.6 Å². The van der Waals surface area contributed by atoms with Crippen LogP contribution < -0.4 is 4.74 Å². The van der Waals surface area contributed by atoms with E-state index in [9.17, 15) is 20.4 Å². The number of aliphatic hydroxyl groups excluding tert-OH is 4. The van der Waals surface area contributed by atoms with Gasteiger partial charge in [-0.05, 0) is 12.1 Å². The van der Waals surface area contributed by atoms with E-state index in [1.807, 2.05) is 12.1 Å². The van der Waals surface area contributed by atoms with Crippen molar-refractivity contribution in [3.63, 3.8) is 0 Å². The summed E-state index contributed by atoms with van der Waals surface area (Å²) in [5.41, 5.74) is 0.585. The molecule has 5 unspecified atom stereocenters. The Bertz CT molecular complexity index is 643. The van der Waals surface area contributed by atoms with Crippen molar-refractivity contribution in [1.29, 1.82) is 0 Å². The number of para-hydroxylation sites is 1. The second-order valence-corrected chi connectivity index (χ2v) is 5.15. The highest BCUT2D eigenvalue weighted by molar-refractivity contribution is 5.84. The van der Waals surface area contributed by atoms with E-state index in [1.54, 1.807) is 24.4 Å². The number of fused-ring (bicyclic) bond motifs is 1. The van der Waals surface area contributed by atoms with Crippen LogP contribution in [0.4, 0.5) is 0 Å². The van der Waals surface area contributed by atoms with Gasteiger partial charge in [-0.25, -0.2) is 0 Å². The van der Waals surface area contributed by atoms with E-state index in [1.165, 1.54) is 0 Å². The topological polar surface area (TPSA) is 112 Å². The predicted molar refractivity (Wildman–Crippen MR) is 76.1 cm³/mol. The van der Waals surface area contributed by atoms with Crippen LogP contribution in [-0.4, -0.2) is 62.7 Å². The summed E-state index contributed by atoms with van der Waals surface area (Å²) in [6.07, 6.45) is -4.95. The Hall–Kier alpha value is -1.77. The molecule has 3 rings (SSSR count). The van der Waals surface area contributed by atoms with Gasteiger partial charge in [0.15, 0.2) is 0 Å². The van der Waals surface area contributed by atoms with Crippen molar-refractivity contribution in [1.82, 2.24) is 4.98 Å². The Morgan fingerprint density at radius 1 is 1.05 bits per heavy atom. The third-order valence-electron chi connectivity index (χ3n) is 3.69. The lowest BCUT2D eigenvalue weighted by Crippen LogP contribution is -2.60. The Labute approximate surface area is 126 Å². The zero-order chi connectivity index (χ0) is 15.7. The highest BCUT2D eigenvalue weighted by Gasteiger charge is 2.44. The van der Waals surface area contributed by atoms with E-state index in [0.717, 1.165) is 5.39 Å². The van der Waals surface area contributed by atoms with Gasteiger partial charge in [0.05, 0.1) is 6.61 Å². The number of nitrogens with zero attached hydrogens (tertiary/aromatic N) is 1. The van der Waals surface area contributed by atoms with Crippen LogP contribution in [-0.2, 0) is 4.74 Å². The van der Waals surface area contributed by atoms with E-state index >= 15 is 0 Å². The van der Waals surface area contributed by atoms with Gasteiger partial charge in [0.2, 0.25) is 6.29 Å². The van der Waals surface area contributed by atoms with Gasteiger partial charge in [0.25, 0.3) is 0 Å². The molecule has 2 heterocycles. The molecule has 0 spiro atoms. The van der Waals surface area contributed by atoms with Gasteiger partial charge >= 0.3 is 0 Å². The molecular formula is C15H17NO6. The van der Waals surface area contributed by atoms with Crippen molar-refractivity contribution in [3.05, 3.63) is 36.5 Å². The van der Waals surface area contributed by atoms with Crippen LogP contribution in [0.3, 0.4) is 0 Å². The van der Waals surface area contributed by atoms with Gasteiger partial charge in [0.1, 0.15) is 35.7 Å². The molecule has 4 N–H and O–H groups in total. The first-order valence-corrected chi connectivity index (χ1v) is 6.92. The predicted octanol–water partition coefficient (Wildman–Crippen LogP) is -0.587. The average Bonchev–Trinajstić information content (AvgIpc) is 2.55. The number of pyridine rings is 1. The molecular weight excluding hydrogens is 290 g/mol. The molecule has 1 aliphatic rings. The van der Waals surface area contributed by atoms with Crippen molar-refractivity contribution < 1.29 is 29.9 Å². The highest BCUT2D eigenvalue weighted by atomic mass is 16.7. The first-order valence-electron chi connectivity index (χ1n) is 6.92. The Kier molecular flexibility index (Phi) is 4.23. The van der Waals surface area contributed by atoms with Gasteiger partial charge < -0.3 is 29.9 Å². The fourth-order valence-electron chi connectivity index (χ4n) is 2.46. The van der Waals surface area contributed by atoms with Gasteiger partial charge in [-0.3, -0.25) is 4.98 Å². The molecule has 0 radical (unpaired) electrons. The number of ether oxygens (including phenoxy) is 2. The summed E-state index contributed by atoms with van der Waals surface area (Å²) in [4.78, 5) is 4.22. The summed E-state index contributed by atoms with van der Waals surface area (Å²) >= 11 is 0. The lowest BCUT2D eigenvalue weighted by molar-refractivity contribution is -0.277. The Balaban J connectivity index is 1.87. The van der Waals surface area contributed by atoms with Gasteiger partial charge in [-0.2, -0.15) is 0 Å². The first-order chi connectivity index (χ1) is 10.6. The van der Waals surface area contributed by atoms with Crippen LogP contribution in [0.15, 0.2) is 36.5 Å². The van der Waals surface area contributed by atoms with Gasteiger partial charge in [-0.15, -0.1) is 0 Å². The largest absolute Gasteiger partial charge is 0.460 e. The highest BCUT2D eigenvalue weighted by Crippen LogP contribution is 2.28. The normalized spacial score (nSPS) is 32.1. The molecule has 2 aromatic rings. The molecule has 1 aromatic heterocycles. The SMILES string of the molecule is OCC1OC(Oc2cccc3cccnc23)C(O)C(O)C1O. The third kappa shape index (κ3) is 2.65. The molecule has 0 amide bonds. The molecule has 1 aliphatic heterocycles. The molecule has 118 valence electrons. The van der Waals surface area contributed by atoms with Crippen molar-refractivity contribution >= 4 is 10.9 Å². The summed E-state index contributed by atoms with van der Waals surface area (Å²) in [5, 5.41) is 39.5. The van der Waals surface area contributed by atoms with E-state index in [-0.39, 0.29) is 0 Å². The molecule has 7 heteroatoms. The molecule has 0 bridgehead atoms. The van der Waals surface area contributed by atoms with Crippen molar-refractivity contribution in [2.45, 2.75) is 30.7 Å². The van der Waals surface area contributed by atoms with Crippen LogP contribution in [0.25, 0.3) is 10.9 Å². The van der Waals surface area contributed by atoms with Crippen molar-refractivity contribution in [2.24, 2.45) is 0 Å². The molecule has 7 nitrogen and oxygen atoms in total. The second kappa shape index (κ2) is 6.15. The van der Waals surface area contributed by atoms with Crippen LogP contribution in [0.1, 0.15) is 0 Å². The first kappa shape index (κ1) is 15.1. The molecule has 0 saturated carbocycles. The summed E-state index contributed by atoms with van der Waals surface area (Å²) < 4.78 is 10.9. The van der Waals surface area contributed by atoms with Gasteiger partial charge in [-0.1, -0.05) is 18.2 Å². The van der Waals surface area contributed by atoms with Crippen LogP contribution in [0.2, 0.25) is 0 Å². The molecule has 22 heavy (non-hydrogen) atoms. The quantitative estimate of drug-likeness (QED) is 0.600. The number of rotatable bonds is 3. The van der Waals surface area contributed by atoms with Crippen LogP contribution in [0, 0.1) is 0 Å². The maximum atomic E-state index is 9.99. The van der Waals surface area contributed by atoms with Crippen molar-refractivity contribution in [3.8, 4) is 5.75 Å². The summed E-state index contributed by atoms with van der Waals surface area (Å²) in [6.45, 7) is -0.501. The third-order valence-corrected chi connectivity index (χ3v) is 3.69. The summed E-state index contributed by atoms with van der Waals surface area (Å²) in [5.74, 6) is 0.377. The molecule has 0 aliphatic carbocycles. The summed E-state index contributed by atoms with van der Waals surface area (Å²) in [7, 11) is 0. The Morgan fingerprint density at radius 2 is 1.82 bits per heavy atom. The standard InChI is InChI=1S/C15H17NO6/c17-7-10-12(18)13(19)14(20)15(22-10)21-9-5-1-3-8-4-2-6-16-11(8)9/h1-6,10,12-15,17-20H,7H2. The fraction of sp³-hybridized carbons (Fsp3) is 0.400. The van der Waals surface area contributed by atoms with Crippen molar-refractivity contribution in [2.75, 3.05) is 6.61 Å². The number of benzene rings is 1. The average molecular weight is 307 g/mol. The number of aliphatic hydroxyl groups is 4. The minimum Gasteiger partial charge on any atom is -0.460 e. The summed E-state index contributed by atoms with van der Waals surface area (Å²) in [6, 6.07) is 8.95. The fourth-order valence-corrected chi connectivity index (χ4v) is 2.46. The number of hydrogen-bond acceptors (Lipinski definition) is 7. The Morgan fingerprint density at radius 3 is 2.59 bits per heavy atom. The molecule has 1 saturated heterocycles. The van der Waals surface area contributed by atoms with E-state index in [4.69, 9.17) is 9.47 Å². The maximum absolute atomic E-state index is 9.99. The zero-order valence-corrected chi connectivity index (χ0v) is 11.6. The van der Waals surface area contributed by atoms with E-state index in [2.05, 4.69) is 4.98 Å². The number of aromatic nitrogens is 1. The number of hydrogen-bond donors (Lipinski definition) is 4. The monoisotopic (exact) mass is 307 g/mol. The van der Waals surface area contributed by atoms with E-state index < -0.39 is 37.3 Å². The van der Waals surface area contributed by atoms with Crippen LogP contribution in [0.5, 0.6) is 5.75 Å².